The molecule has 0 saturated heterocycles. The molecular weight excluding hydrogens is 1100 g/mol. The minimum absolute atomic E-state index is 0.503. The van der Waals surface area contributed by atoms with Gasteiger partial charge >= 0.3 is 7.12 Å². The van der Waals surface area contributed by atoms with Crippen molar-refractivity contribution >= 4 is 110 Å². The van der Waals surface area contributed by atoms with Crippen LogP contribution in [0.25, 0.3) is 98.7 Å². The van der Waals surface area contributed by atoms with Gasteiger partial charge in [0.15, 0.2) is 0 Å². The number of halogens is 3. The molecule has 0 spiro atoms. The van der Waals surface area contributed by atoms with Crippen molar-refractivity contribution in [2.75, 3.05) is 0 Å². The van der Waals surface area contributed by atoms with Crippen LogP contribution < -0.4 is 5.46 Å². The topological polar surface area (TPSA) is 40.5 Å². The maximum atomic E-state index is 8.65. The Morgan fingerprint density at radius 2 is 0.571 bits per heavy atom. The monoisotopic (exact) mass is 1140 g/mol. The standard InChI is InChI=1S/C32H21Br.C26H17I.C6H6BBrO2/c33-26-18-15-22(16-19-26)25-17-20-29-30(21-25)32(24-11-5-2-6-12-24)28-14-8-7-13-27(28)31(29)23-9-3-1-4-10-23;27-20-15-16-23-24(17-20)26(19-11-5-2-6-12-19)22-14-8-7-13-21(22)25(23)18-9-3-1-4-10-18;8-6-3-1-5(2-4-6)7(9)10/h1-21H;1-17H;1-4,9-10H. The summed E-state index contributed by atoms with van der Waals surface area (Å²) < 4.78 is 3.28. The van der Waals surface area contributed by atoms with E-state index in [1.165, 1.54) is 102 Å². The highest BCUT2D eigenvalue weighted by molar-refractivity contribution is 14.1. The summed E-state index contributed by atoms with van der Waals surface area (Å²) in [7, 11) is -1.37. The summed E-state index contributed by atoms with van der Waals surface area (Å²) in [4.78, 5) is 0. The van der Waals surface area contributed by atoms with E-state index < -0.39 is 7.12 Å². The number of hydrogen-bond donors (Lipinski definition) is 2. The van der Waals surface area contributed by atoms with Gasteiger partial charge in [0.25, 0.3) is 0 Å². The minimum Gasteiger partial charge on any atom is -0.423 e. The normalized spacial score (nSPS) is 10.9. The first-order chi connectivity index (χ1) is 34.3. The molecule has 0 aromatic heterocycles. The first-order valence-corrected chi connectivity index (χ1v) is 25.7. The second-order valence-electron chi connectivity index (χ2n) is 16.9. The smallest absolute Gasteiger partial charge is 0.423 e. The Morgan fingerprint density at radius 1 is 0.271 bits per heavy atom. The van der Waals surface area contributed by atoms with Gasteiger partial charge in [-0.25, -0.2) is 0 Å². The molecule has 0 fully saturated rings. The molecule has 0 atom stereocenters. The summed E-state index contributed by atoms with van der Waals surface area (Å²) in [5.74, 6) is 0. The van der Waals surface area contributed by atoms with E-state index in [2.05, 4.69) is 285 Å². The zero-order valence-electron chi connectivity index (χ0n) is 37.9. The van der Waals surface area contributed by atoms with Crippen molar-refractivity contribution in [1.82, 2.24) is 0 Å². The van der Waals surface area contributed by atoms with Crippen LogP contribution in [0.2, 0.25) is 0 Å². The van der Waals surface area contributed by atoms with Crippen LogP contribution in [0.15, 0.2) is 264 Å². The van der Waals surface area contributed by atoms with E-state index in [-0.39, 0.29) is 0 Å². The summed E-state index contributed by atoms with van der Waals surface area (Å²) in [5, 5.41) is 27.6. The van der Waals surface area contributed by atoms with Crippen LogP contribution in [0.4, 0.5) is 0 Å². The third kappa shape index (κ3) is 10.0. The molecule has 0 bridgehead atoms. The van der Waals surface area contributed by atoms with Crippen molar-refractivity contribution in [3.8, 4) is 55.6 Å². The maximum absolute atomic E-state index is 8.65. The van der Waals surface area contributed by atoms with Crippen molar-refractivity contribution < 1.29 is 10.0 Å². The average Bonchev–Trinajstić information content (AvgIpc) is 3.41. The second kappa shape index (κ2) is 21.6. The van der Waals surface area contributed by atoms with Gasteiger partial charge in [-0.05, 0) is 169 Å². The van der Waals surface area contributed by atoms with Crippen molar-refractivity contribution in [3.05, 3.63) is 267 Å². The van der Waals surface area contributed by atoms with Crippen molar-refractivity contribution in [1.29, 1.82) is 0 Å². The molecule has 336 valence electrons. The third-order valence-corrected chi connectivity index (χ3v) is 14.3. The molecule has 12 aromatic rings. The van der Waals surface area contributed by atoms with Gasteiger partial charge in [0.05, 0.1) is 0 Å². The summed E-state index contributed by atoms with van der Waals surface area (Å²) in [6.07, 6.45) is 0. The van der Waals surface area contributed by atoms with Gasteiger partial charge < -0.3 is 10.0 Å². The Hall–Kier alpha value is -6.65. The highest BCUT2D eigenvalue weighted by atomic mass is 127. The molecule has 2 N–H and O–H groups in total. The summed E-state index contributed by atoms with van der Waals surface area (Å²) >= 11 is 9.21. The van der Waals surface area contributed by atoms with E-state index >= 15 is 0 Å². The Balaban J connectivity index is 0.000000138. The van der Waals surface area contributed by atoms with Gasteiger partial charge in [-0.2, -0.15) is 0 Å². The molecule has 6 heteroatoms. The first kappa shape index (κ1) is 47.1. The molecule has 12 aromatic carbocycles. The molecule has 2 nitrogen and oxygen atoms in total. The van der Waals surface area contributed by atoms with E-state index in [4.69, 9.17) is 10.0 Å². The number of benzene rings is 12. The lowest BCUT2D eigenvalue weighted by Crippen LogP contribution is -2.29. The third-order valence-electron chi connectivity index (χ3n) is 12.6. The Bertz CT molecular complexity index is 3740. The zero-order valence-corrected chi connectivity index (χ0v) is 43.2. The Kier molecular flexibility index (Phi) is 14.5. The van der Waals surface area contributed by atoms with Gasteiger partial charge in [0.2, 0.25) is 0 Å². The van der Waals surface area contributed by atoms with Crippen LogP contribution >= 0.6 is 54.5 Å². The van der Waals surface area contributed by atoms with Crippen LogP contribution in [0.3, 0.4) is 0 Å². The van der Waals surface area contributed by atoms with Gasteiger partial charge in [-0.3, -0.25) is 0 Å². The predicted octanol–water partition coefficient (Wildman–Crippen LogP) is 17.8. The van der Waals surface area contributed by atoms with E-state index in [1.807, 2.05) is 0 Å². The predicted molar refractivity (Wildman–Crippen MR) is 314 cm³/mol. The second-order valence-corrected chi connectivity index (χ2v) is 20.0. The Labute approximate surface area is 439 Å². The fourth-order valence-electron chi connectivity index (χ4n) is 9.45. The summed E-state index contributed by atoms with van der Waals surface area (Å²) in [6.45, 7) is 0. The van der Waals surface area contributed by atoms with Crippen LogP contribution in [0.1, 0.15) is 0 Å². The SMILES string of the molecule is Brc1ccc(-c2ccc3c(-c4ccccc4)c4ccccc4c(-c4ccccc4)c3c2)cc1.Ic1ccc2c(-c3ccccc3)c3ccccc3c(-c3ccccc3)c2c1.OB(O)c1ccc(Br)cc1. The van der Waals surface area contributed by atoms with Crippen molar-refractivity contribution in [3.63, 3.8) is 0 Å². The molecule has 0 amide bonds. The molecule has 0 aliphatic carbocycles. The van der Waals surface area contributed by atoms with Gasteiger partial charge in [-0.1, -0.05) is 244 Å². The van der Waals surface area contributed by atoms with E-state index in [9.17, 15) is 0 Å². The van der Waals surface area contributed by atoms with E-state index in [0.29, 0.717) is 5.46 Å². The average molecular weight is 1140 g/mol. The van der Waals surface area contributed by atoms with Crippen LogP contribution in [0, 0.1) is 3.57 Å². The molecule has 12 rings (SSSR count). The number of fused-ring (bicyclic) bond motifs is 4. The lowest BCUT2D eigenvalue weighted by atomic mass is 9.81. The number of hydrogen-bond acceptors (Lipinski definition) is 2. The molecule has 0 unspecified atom stereocenters. The lowest BCUT2D eigenvalue weighted by molar-refractivity contribution is 0.426. The first-order valence-electron chi connectivity index (χ1n) is 23.0. The fraction of sp³-hybridized carbons (Fsp3) is 0. The van der Waals surface area contributed by atoms with Gasteiger partial charge in [0, 0.05) is 12.5 Å². The molecule has 0 saturated carbocycles. The minimum atomic E-state index is -1.37. The van der Waals surface area contributed by atoms with Crippen molar-refractivity contribution in [2.24, 2.45) is 0 Å². The largest absolute Gasteiger partial charge is 0.488 e. The summed E-state index contributed by atoms with van der Waals surface area (Å²) in [6, 6.07) is 89.7. The highest BCUT2D eigenvalue weighted by Crippen LogP contribution is 2.46. The molecule has 0 aliphatic heterocycles. The zero-order chi connectivity index (χ0) is 48.0. The lowest BCUT2D eigenvalue weighted by Gasteiger charge is -2.18. The molecule has 0 aliphatic rings. The van der Waals surface area contributed by atoms with Crippen LogP contribution in [0.5, 0.6) is 0 Å². The maximum Gasteiger partial charge on any atom is 0.488 e. The molecule has 0 heterocycles. The Morgan fingerprint density at radius 3 is 0.957 bits per heavy atom. The fourth-order valence-corrected chi connectivity index (χ4v) is 10.5. The highest BCUT2D eigenvalue weighted by Gasteiger charge is 2.19. The molecule has 0 radical (unpaired) electrons. The molecule has 70 heavy (non-hydrogen) atoms. The van der Waals surface area contributed by atoms with Crippen molar-refractivity contribution in [2.45, 2.75) is 0 Å². The van der Waals surface area contributed by atoms with Gasteiger partial charge in [-0.15, -0.1) is 0 Å². The number of rotatable bonds is 6. The summed E-state index contributed by atoms with van der Waals surface area (Å²) in [5.41, 5.74) is 13.2. The van der Waals surface area contributed by atoms with Gasteiger partial charge in [0.1, 0.15) is 0 Å². The molecular formula is C64H44BBr2IO2. The van der Waals surface area contributed by atoms with E-state index in [1.54, 1.807) is 24.3 Å². The van der Waals surface area contributed by atoms with Crippen LogP contribution in [-0.4, -0.2) is 17.2 Å². The van der Waals surface area contributed by atoms with E-state index in [0.717, 1.165) is 8.95 Å². The van der Waals surface area contributed by atoms with Crippen LogP contribution in [-0.2, 0) is 0 Å². The quantitative estimate of drug-likeness (QED) is 0.0990.